The van der Waals surface area contributed by atoms with Crippen molar-refractivity contribution in [2.45, 2.75) is 13.5 Å². The highest BCUT2D eigenvalue weighted by molar-refractivity contribution is 6.36. The molecule has 4 aromatic rings. The number of rotatable bonds is 7. The summed E-state index contributed by atoms with van der Waals surface area (Å²) in [5.41, 5.74) is 3.01. The number of nitrogens with zero attached hydrogens (tertiary/aromatic N) is 5. The van der Waals surface area contributed by atoms with Gasteiger partial charge in [-0.2, -0.15) is 0 Å². The van der Waals surface area contributed by atoms with Crippen LogP contribution in [0.15, 0.2) is 77.4 Å². The number of anilines is 1. The Hall–Kier alpha value is -3.88. The number of furan rings is 1. The third kappa shape index (κ3) is 6.41. The van der Waals surface area contributed by atoms with Gasteiger partial charge in [-0.3, -0.25) is 9.59 Å². The first-order valence-corrected chi connectivity index (χ1v) is 13.3. The van der Waals surface area contributed by atoms with E-state index in [0.717, 1.165) is 16.9 Å². The predicted octanol–water partition coefficient (Wildman–Crippen LogP) is 5.34. The van der Waals surface area contributed by atoms with Crippen molar-refractivity contribution in [2.24, 2.45) is 0 Å². The molecule has 1 aliphatic rings. The number of hydrogen-bond acceptors (Lipinski definition) is 6. The molecule has 0 saturated carbocycles. The number of carbonyl (C=O) groups is 2. The third-order valence-electron chi connectivity index (χ3n) is 6.65. The lowest BCUT2D eigenvalue weighted by Crippen LogP contribution is -2.52. The van der Waals surface area contributed by atoms with E-state index in [1.54, 1.807) is 47.6 Å². The van der Waals surface area contributed by atoms with E-state index in [9.17, 15) is 9.59 Å². The first-order chi connectivity index (χ1) is 18.9. The fraction of sp³-hybridized carbons (Fsp3) is 0.241. The molecule has 1 fully saturated rings. The molecule has 0 atom stereocenters. The Morgan fingerprint density at radius 3 is 2.36 bits per heavy atom. The monoisotopic (exact) mass is 563 g/mol. The minimum absolute atomic E-state index is 0.0379. The van der Waals surface area contributed by atoms with E-state index >= 15 is 0 Å². The summed E-state index contributed by atoms with van der Waals surface area (Å²) in [6.45, 7) is 4.37. The molecule has 10 heteroatoms. The fourth-order valence-corrected chi connectivity index (χ4v) is 4.96. The lowest BCUT2D eigenvalue weighted by atomic mass is 10.1. The van der Waals surface area contributed by atoms with E-state index in [0.29, 0.717) is 53.2 Å². The van der Waals surface area contributed by atoms with Crippen LogP contribution >= 0.6 is 23.2 Å². The third-order valence-corrected chi connectivity index (χ3v) is 7.20. The molecule has 0 spiro atoms. The molecule has 5 rings (SSSR count). The van der Waals surface area contributed by atoms with Gasteiger partial charge in [-0.1, -0.05) is 40.9 Å². The van der Waals surface area contributed by atoms with Crippen LogP contribution in [-0.2, 0) is 11.3 Å². The number of hydrogen-bond donors (Lipinski definition) is 0. The zero-order valence-electron chi connectivity index (χ0n) is 21.4. The molecule has 0 radical (unpaired) electrons. The number of carbonyl (C=O) groups excluding carboxylic acids is 2. The Labute approximate surface area is 236 Å². The van der Waals surface area contributed by atoms with Gasteiger partial charge in [0.25, 0.3) is 5.91 Å². The van der Waals surface area contributed by atoms with Gasteiger partial charge >= 0.3 is 0 Å². The molecule has 39 heavy (non-hydrogen) atoms. The average Bonchev–Trinajstić information content (AvgIpc) is 3.46. The summed E-state index contributed by atoms with van der Waals surface area (Å²) in [6, 6.07) is 19.9. The van der Waals surface area contributed by atoms with Crippen molar-refractivity contribution in [1.29, 1.82) is 0 Å². The lowest BCUT2D eigenvalue weighted by Gasteiger charge is -2.36. The SMILES string of the molecule is Cc1ccc(C(=O)N(CC(=O)N2CCN(c3ccc(-c4ccc(Cl)cc4Cl)nn3)CC2)Cc2ccco2)cc1. The summed E-state index contributed by atoms with van der Waals surface area (Å²) in [6.07, 6.45) is 1.56. The Balaban J connectivity index is 1.21. The van der Waals surface area contributed by atoms with Crippen LogP contribution in [0.5, 0.6) is 0 Å². The lowest BCUT2D eigenvalue weighted by molar-refractivity contribution is -0.132. The van der Waals surface area contributed by atoms with E-state index in [1.807, 2.05) is 37.3 Å². The second-order valence-electron chi connectivity index (χ2n) is 9.38. The number of benzene rings is 2. The molecule has 0 aliphatic carbocycles. The van der Waals surface area contributed by atoms with E-state index in [-0.39, 0.29) is 24.9 Å². The van der Waals surface area contributed by atoms with Gasteiger partial charge in [-0.15, -0.1) is 10.2 Å². The van der Waals surface area contributed by atoms with Crippen molar-refractivity contribution in [1.82, 2.24) is 20.0 Å². The molecule has 8 nitrogen and oxygen atoms in total. The highest BCUT2D eigenvalue weighted by Crippen LogP contribution is 2.29. The van der Waals surface area contributed by atoms with Crippen molar-refractivity contribution in [3.63, 3.8) is 0 Å². The van der Waals surface area contributed by atoms with E-state index in [4.69, 9.17) is 27.6 Å². The normalized spacial score (nSPS) is 13.4. The maximum Gasteiger partial charge on any atom is 0.254 e. The van der Waals surface area contributed by atoms with Crippen LogP contribution in [0.25, 0.3) is 11.3 Å². The van der Waals surface area contributed by atoms with Crippen LogP contribution in [-0.4, -0.2) is 64.5 Å². The van der Waals surface area contributed by atoms with Crippen LogP contribution in [0.1, 0.15) is 21.7 Å². The summed E-state index contributed by atoms with van der Waals surface area (Å²) in [5, 5.41) is 9.80. The van der Waals surface area contributed by atoms with Crippen LogP contribution in [0, 0.1) is 6.92 Å². The minimum atomic E-state index is -0.213. The first-order valence-electron chi connectivity index (χ1n) is 12.6. The van der Waals surface area contributed by atoms with E-state index < -0.39 is 0 Å². The maximum absolute atomic E-state index is 13.3. The Morgan fingerprint density at radius 2 is 1.72 bits per heavy atom. The quantitative estimate of drug-likeness (QED) is 0.301. The highest BCUT2D eigenvalue weighted by atomic mass is 35.5. The van der Waals surface area contributed by atoms with Crippen LogP contribution < -0.4 is 4.90 Å². The van der Waals surface area contributed by atoms with Gasteiger partial charge in [0.1, 0.15) is 12.3 Å². The van der Waals surface area contributed by atoms with Gasteiger partial charge in [0.15, 0.2) is 5.82 Å². The minimum Gasteiger partial charge on any atom is -0.467 e. The average molecular weight is 564 g/mol. The summed E-state index contributed by atoms with van der Waals surface area (Å²) < 4.78 is 5.46. The Morgan fingerprint density at radius 1 is 0.949 bits per heavy atom. The van der Waals surface area contributed by atoms with Crippen LogP contribution in [0.4, 0.5) is 5.82 Å². The molecule has 2 aromatic carbocycles. The topological polar surface area (TPSA) is 82.8 Å². The van der Waals surface area contributed by atoms with E-state index in [1.165, 1.54) is 4.90 Å². The van der Waals surface area contributed by atoms with Crippen molar-refractivity contribution in [2.75, 3.05) is 37.6 Å². The molecule has 0 unspecified atom stereocenters. The number of halogens is 2. The van der Waals surface area contributed by atoms with Gasteiger partial charge in [-0.25, -0.2) is 0 Å². The van der Waals surface area contributed by atoms with Crippen molar-refractivity contribution >= 4 is 40.8 Å². The number of piperazine rings is 1. The predicted molar refractivity (Wildman–Crippen MR) is 151 cm³/mol. The smallest absolute Gasteiger partial charge is 0.254 e. The molecule has 0 bridgehead atoms. The van der Waals surface area contributed by atoms with Gasteiger partial charge in [-0.05, 0) is 61.5 Å². The van der Waals surface area contributed by atoms with Gasteiger partial charge in [0.05, 0.1) is 23.5 Å². The second-order valence-corrected chi connectivity index (χ2v) is 10.2. The molecule has 200 valence electrons. The highest BCUT2D eigenvalue weighted by Gasteiger charge is 2.26. The first kappa shape index (κ1) is 26.7. The fourth-order valence-electron chi connectivity index (χ4n) is 4.45. The molecule has 1 saturated heterocycles. The van der Waals surface area contributed by atoms with Crippen molar-refractivity contribution < 1.29 is 14.0 Å². The second kappa shape index (κ2) is 11.9. The van der Waals surface area contributed by atoms with Crippen LogP contribution in [0.2, 0.25) is 10.0 Å². The summed E-state index contributed by atoms with van der Waals surface area (Å²) in [4.78, 5) is 31.9. The molecule has 3 heterocycles. The molecular weight excluding hydrogens is 537 g/mol. The standard InChI is InChI=1S/C29H27Cl2N5O3/c1-20-4-6-21(7-5-20)29(38)36(18-23-3-2-16-39-23)19-28(37)35-14-12-34(13-15-35)27-11-10-26(32-33-27)24-9-8-22(30)17-25(24)31/h2-11,16-17H,12-15,18-19H2,1H3. The largest absolute Gasteiger partial charge is 0.467 e. The number of aryl methyl sites for hydroxylation is 1. The molecule has 2 amide bonds. The molecule has 0 N–H and O–H groups in total. The van der Waals surface area contributed by atoms with Gasteiger partial charge < -0.3 is 19.1 Å². The molecule has 2 aromatic heterocycles. The Kier molecular flexibility index (Phi) is 8.14. The summed E-state index contributed by atoms with van der Waals surface area (Å²) >= 11 is 12.3. The van der Waals surface area contributed by atoms with Crippen LogP contribution in [0.3, 0.4) is 0 Å². The summed E-state index contributed by atoms with van der Waals surface area (Å²) in [7, 11) is 0. The zero-order valence-corrected chi connectivity index (χ0v) is 22.9. The van der Waals surface area contributed by atoms with Crippen molar-refractivity contribution in [3.05, 3.63) is 99.9 Å². The van der Waals surface area contributed by atoms with E-state index in [2.05, 4.69) is 15.1 Å². The Bertz CT molecular complexity index is 1440. The van der Waals surface area contributed by atoms with Crippen molar-refractivity contribution in [3.8, 4) is 11.3 Å². The number of aromatic nitrogens is 2. The van der Waals surface area contributed by atoms with Gasteiger partial charge in [0.2, 0.25) is 5.91 Å². The number of amides is 2. The maximum atomic E-state index is 13.3. The van der Waals surface area contributed by atoms with Gasteiger partial charge in [0, 0.05) is 42.3 Å². The zero-order chi connectivity index (χ0) is 27.4. The molecular formula is C29H27Cl2N5O3. The molecule has 1 aliphatic heterocycles. The summed E-state index contributed by atoms with van der Waals surface area (Å²) in [5.74, 6) is 1.02.